The van der Waals surface area contributed by atoms with Crippen molar-refractivity contribution >= 4 is 16.5 Å². The van der Waals surface area contributed by atoms with E-state index in [1.807, 2.05) is 12.3 Å². The molecule has 0 aliphatic rings. The Labute approximate surface area is 85.0 Å². The van der Waals surface area contributed by atoms with Crippen molar-refractivity contribution in [1.82, 2.24) is 15.1 Å². The van der Waals surface area contributed by atoms with E-state index in [4.69, 9.17) is 10.3 Å². The molecule has 0 aromatic carbocycles. The zero-order valence-electron chi connectivity index (χ0n) is 7.73. The summed E-state index contributed by atoms with van der Waals surface area (Å²) in [4.78, 5) is 8.29. The largest absolute Gasteiger partial charge is 0.375 e. The lowest BCUT2D eigenvalue weighted by Crippen LogP contribution is -1.90. The molecule has 0 bridgehead atoms. The van der Waals surface area contributed by atoms with Crippen LogP contribution in [0.5, 0.6) is 0 Å². The van der Waals surface area contributed by atoms with E-state index in [9.17, 15) is 0 Å². The highest BCUT2D eigenvalue weighted by atomic mass is 32.1. The fraction of sp³-hybridized carbons (Fsp3) is 0.375. The van der Waals surface area contributed by atoms with Gasteiger partial charge in [0.15, 0.2) is 11.0 Å². The predicted octanol–water partition coefficient (Wildman–Crippen LogP) is 1.26. The van der Waals surface area contributed by atoms with E-state index in [0.717, 1.165) is 17.9 Å². The third kappa shape index (κ3) is 1.90. The third-order valence-corrected chi connectivity index (χ3v) is 2.45. The third-order valence-electron chi connectivity index (χ3n) is 1.73. The highest BCUT2D eigenvalue weighted by molar-refractivity contribution is 7.13. The lowest BCUT2D eigenvalue weighted by molar-refractivity contribution is 0.379. The monoisotopic (exact) mass is 210 g/mol. The van der Waals surface area contributed by atoms with Crippen LogP contribution in [0.4, 0.5) is 5.13 Å². The lowest BCUT2D eigenvalue weighted by atomic mass is 10.3. The van der Waals surface area contributed by atoms with Crippen molar-refractivity contribution < 1.29 is 4.52 Å². The molecule has 0 atom stereocenters. The minimum Gasteiger partial charge on any atom is -0.375 e. The quantitative estimate of drug-likeness (QED) is 0.825. The van der Waals surface area contributed by atoms with Crippen LogP contribution in [0.1, 0.15) is 24.3 Å². The van der Waals surface area contributed by atoms with E-state index in [1.54, 1.807) is 0 Å². The Bertz CT molecular complexity index is 422. The van der Waals surface area contributed by atoms with Crippen molar-refractivity contribution in [3.63, 3.8) is 0 Å². The topological polar surface area (TPSA) is 77.8 Å². The van der Waals surface area contributed by atoms with Crippen LogP contribution in [0.3, 0.4) is 0 Å². The van der Waals surface area contributed by atoms with Gasteiger partial charge in [0.2, 0.25) is 5.89 Å². The molecule has 5 nitrogen and oxygen atoms in total. The molecule has 0 saturated heterocycles. The Morgan fingerprint density at radius 3 is 2.93 bits per heavy atom. The number of hydrogen-bond acceptors (Lipinski definition) is 6. The smallest absolute Gasteiger partial charge is 0.232 e. The maximum Gasteiger partial charge on any atom is 0.232 e. The number of rotatable bonds is 3. The van der Waals surface area contributed by atoms with Crippen molar-refractivity contribution in [1.29, 1.82) is 0 Å². The normalized spacial score (nSPS) is 10.6. The van der Waals surface area contributed by atoms with Gasteiger partial charge in [-0.3, -0.25) is 0 Å². The number of aryl methyl sites for hydroxylation is 1. The van der Waals surface area contributed by atoms with Gasteiger partial charge >= 0.3 is 0 Å². The number of thiazole rings is 1. The summed E-state index contributed by atoms with van der Waals surface area (Å²) in [6.07, 6.45) is 1.34. The molecule has 0 saturated carbocycles. The van der Waals surface area contributed by atoms with Gasteiger partial charge in [0.25, 0.3) is 0 Å². The van der Waals surface area contributed by atoms with Gasteiger partial charge in [-0.1, -0.05) is 12.1 Å². The second-order valence-corrected chi connectivity index (χ2v) is 3.70. The van der Waals surface area contributed by atoms with E-state index >= 15 is 0 Å². The van der Waals surface area contributed by atoms with Crippen LogP contribution in [-0.2, 0) is 12.8 Å². The predicted molar refractivity (Wildman–Crippen MR) is 53.0 cm³/mol. The van der Waals surface area contributed by atoms with Gasteiger partial charge in [0.1, 0.15) is 0 Å². The molecular weight excluding hydrogens is 200 g/mol. The van der Waals surface area contributed by atoms with E-state index in [0.29, 0.717) is 17.4 Å². The Morgan fingerprint density at radius 2 is 2.36 bits per heavy atom. The summed E-state index contributed by atoms with van der Waals surface area (Å²) >= 11 is 1.41. The summed E-state index contributed by atoms with van der Waals surface area (Å²) in [6.45, 7) is 1.98. The molecule has 0 aliphatic heterocycles. The molecule has 14 heavy (non-hydrogen) atoms. The Balaban J connectivity index is 2.10. The molecule has 74 valence electrons. The highest BCUT2D eigenvalue weighted by Crippen LogP contribution is 2.14. The van der Waals surface area contributed by atoms with Crippen LogP contribution in [0, 0.1) is 0 Å². The maximum absolute atomic E-state index is 5.50. The maximum atomic E-state index is 5.50. The molecule has 0 amide bonds. The first-order valence-electron chi connectivity index (χ1n) is 4.29. The molecule has 2 aromatic heterocycles. The summed E-state index contributed by atoms with van der Waals surface area (Å²) in [6, 6.07) is 0. The number of anilines is 1. The second-order valence-electron chi connectivity index (χ2n) is 2.81. The van der Waals surface area contributed by atoms with Crippen molar-refractivity contribution in [2.24, 2.45) is 0 Å². The zero-order valence-corrected chi connectivity index (χ0v) is 8.54. The molecule has 0 spiro atoms. The van der Waals surface area contributed by atoms with Crippen molar-refractivity contribution in [3.05, 3.63) is 22.8 Å². The molecular formula is C8H10N4OS. The van der Waals surface area contributed by atoms with Gasteiger partial charge in [-0.2, -0.15) is 4.98 Å². The average Bonchev–Trinajstić information content (AvgIpc) is 2.76. The van der Waals surface area contributed by atoms with Crippen molar-refractivity contribution in [3.8, 4) is 0 Å². The van der Waals surface area contributed by atoms with Gasteiger partial charge in [0.05, 0.1) is 12.1 Å². The van der Waals surface area contributed by atoms with Crippen molar-refractivity contribution in [2.75, 3.05) is 5.73 Å². The number of nitrogens with two attached hydrogens (primary N) is 1. The van der Waals surface area contributed by atoms with Crippen LogP contribution in [0.15, 0.2) is 9.90 Å². The molecule has 0 aliphatic carbocycles. The van der Waals surface area contributed by atoms with Gasteiger partial charge in [0, 0.05) is 11.8 Å². The number of hydrogen-bond donors (Lipinski definition) is 1. The van der Waals surface area contributed by atoms with E-state index in [2.05, 4.69) is 15.1 Å². The van der Waals surface area contributed by atoms with Gasteiger partial charge < -0.3 is 10.3 Å². The molecule has 0 radical (unpaired) electrons. The fourth-order valence-electron chi connectivity index (χ4n) is 1.06. The zero-order chi connectivity index (χ0) is 9.97. The standard InChI is InChI=1S/C8H10N4OS/c1-2-6-11-7(13-12-6)3-5-4-14-8(9)10-5/h4H,2-3H2,1H3,(H2,9,10). The average molecular weight is 210 g/mol. The molecule has 2 heterocycles. The van der Waals surface area contributed by atoms with Gasteiger partial charge in [-0.25, -0.2) is 4.98 Å². The van der Waals surface area contributed by atoms with Gasteiger partial charge in [-0.05, 0) is 0 Å². The summed E-state index contributed by atoms with van der Waals surface area (Å²) in [5, 5.41) is 6.25. The van der Waals surface area contributed by atoms with Crippen LogP contribution in [0.25, 0.3) is 0 Å². The SMILES string of the molecule is CCc1noc(Cc2csc(N)n2)n1. The second kappa shape index (κ2) is 3.75. The molecule has 2 N–H and O–H groups in total. The highest BCUT2D eigenvalue weighted by Gasteiger charge is 2.07. The first-order chi connectivity index (χ1) is 6.78. The van der Waals surface area contributed by atoms with Crippen LogP contribution in [-0.4, -0.2) is 15.1 Å². The molecule has 2 rings (SSSR count). The molecule has 0 unspecified atom stereocenters. The molecule has 2 aromatic rings. The fourth-order valence-corrected chi connectivity index (χ4v) is 1.63. The summed E-state index contributed by atoms with van der Waals surface area (Å²) in [7, 11) is 0. The van der Waals surface area contributed by atoms with Crippen LogP contribution in [0.2, 0.25) is 0 Å². The Hall–Kier alpha value is -1.43. The molecule has 0 fully saturated rings. The van der Waals surface area contributed by atoms with Gasteiger partial charge in [-0.15, -0.1) is 11.3 Å². The van der Waals surface area contributed by atoms with E-state index in [-0.39, 0.29) is 0 Å². The summed E-state index contributed by atoms with van der Waals surface area (Å²) in [5.41, 5.74) is 6.38. The van der Waals surface area contributed by atoms with E-state index < -0.39 is 0 Å². The minimum atomic E-state index is 0.556. The lowest BCUT2D eigenvalue weighted by Gasteiger charge is -1.86. The number of nitrogens with zero attached hydrogens (tertiary/aromatic N) is 3. The first-order valence-corrected chi connectivity index (χ1v) is 5.17. The Morgan fingerprint density at radius 1 is 1.50 bits per heavy atom. The molecule has 6 heteroatoms. The minimum absolute atomic E-state index is 0.556. The van der Waals surface area contributed by atoms with Crippen molar-refractivity contribution in [2.45, 2.75) is 19.8 Å². The summed E-state index contributed by atoms with van der Waals surface area (Å²) in [5.74, 6) is 1.32. The Kier molecular flexibility index (Phi) is 2.45. The summed E-state index contributed by atoms with van der Waals surface area (Å²) < 4.78 is 5.03. The van der Waals surface area contributed by atoms with E-state index in [1.165, 1.54) is 11.3 Å². The number of nitrogen functional groups attached to an aromatic ring is 1. The van der Waals surface area contributed by atoms with Crippen LogP contribution >= 0.6 is 11.3 Å². The number of aromatic nitrogens is 3. The first kappa shape index (κ1) is 9.14. The van der Waals surface area contributed by atoms with Crippen LogP contribution < -0.4 is 5.73 Å².